The number of aromatic hydroxyl groups is 1. The number of rotatable bonds is 6. The maximum atomic E-state index is 15.9. The Kier molecular flexibility index (Phi) is 8.17. The van der Waals surface area contributed by atoms with Crippen molar-refractivity contribution < 1.29 is 28.2 Å². The number of phenols is 1. The molecule has 2 atom stereocenters. The van der Waals surface area contributed by atoms with E-state index >= 15 is 4.39 Å². The van der Waals surface area contributed by atoms with E-state index in [1.54, 1.807) is 19.2 Å². The first-order valence-corrected chi connectivity index (χ1v) is 13.9. The van der Waals surface area contributed by atoms with E-state index < -0.39 is 70.2 Å². The SMILES string of the molecule is C=C(F)C(=O)N1CCC(n2c(=O)c(=O)n(-c3c(C)ccnc3C(C)C)c3nc(-c4c(O)cccc4F)c(F)cc32)C[C@@H]1CO. The number of hydrogen-bond acceptors (Lipinski definition) is 7. The molecule has 0 spiro atoms. The largest absolute Gasteiger partial charge is 0.507 e. The van der Waals surface area contributed by atoms with E-state index in [2.05, 4.69) is 16.5 Å². The number of hydrogen-bond donors (Lipinski definition) is 2. The first kappa shape index (κ1) is 30.7. The van der Waals surface area contributed by atoms with E-state index in [0.717, 1.165) is 32.2 Å². The van der Waals surface area contributed by atoms with Gasteiger partial charge in [-0.25, -0.2) is 18.2 Å². The molecular weight excluding hydrogens is 579 g/mol. The maximum absolute atomic E-state index is 15.9. The minimum Gasteiger partial charge on any atom is -0.507 e. The molecule has 2 N–H and O–H groups in total. The van der Waals surface area contributed by atoms with Crippen LogP contribution in [0.1, 0.15) is 49.9 Å². The predicted molar refractivity (Wildman–Crippen MR) is 156 cm³/mol. The van der Waals surface area contributed by atoms with Crippen LogP contribution in [0.25, 0.3) is 28.1 Å². The third-order valence-corrected chi connectivity index (χ3v) is 7.92. The number of amides is 1. The van der Waals surface area contributed by atoms with Gasteiger partial charge in [0.2, 0.25) is 0 Å². The number of aliphatic hydroxyl groups is 1. The fraction of sp³-hybridized carbons (Fsp3) is 0.323. The first-order chi connectivity index (χ1) is 20.9. The lowest BCUT2D eigenvalue weighted by atomic mass is 9.96. The van der Waals surface area contributed by atoms with Crippen LogP contribution in [0.4, 0.5) is 13.2 Å². The molecule has 1 fully saturated rings. The van der Waals surface area contributed by atoms with Crippen molar-refractivity contribution in [3.63, 3.8) is 0 Å². The van der Waals surface area contributed by atoms with Gasteiger partial charge in [-0.05, 0) is 49.4 Å². The predicted octanol–water partition coefficient (Wildman–Crippen LogP) is 4.03. The number of benzene rings is 1. The molecule has 1 amide bonds. The van der Waals surface area contributed by atoms with Crippen molar-refractivity contribution in [2.24, 2.45) is 0 Å². The van der Waals surface area contributed by atoms with Gasteiger partial charge in [-0.1, -0.05) is 26.5 Å². The Labute approximate surface area is 249 Å². The maximum Gasteiger partial charge on any atom is 0.322 e. The Morgan fingerprint density at radius 2 is 1.89 bits per heavy atom. The highest BCUT2D eigenvalue weighted by Crippen LogP contribution is 2.36. The van der Waals surface area contributed by atoms with Crippen LogP contribution >= 0.6 is 0 Å². The second-order valence-corrected chi connectivity index (χ2v) is 11.0. The van der Waals surface area contributed by atoms with E-state index in [1.165, 1.54) is 6.07 Å². The highest BCUT2D eigenvalue weighted by molar-refractivity contribution is 5.91. The summed E-state index contributed by atoms with van der Waals surface area (Å²) in [7, 11) is 0. The molecule has 4 heterocycles. The lowest BCUT2D eigenvalue weighted by molar-refractivity contribution is -0.134. The summed E-state index contributed by atoms with van der Waals surface area (Å²) in [6, 6.07) is 4.23. The molecule has 1 aliphatic heterocycles. The summed E-state index contributed by atoms with van der Waals surface area (Å²) >= 11 is 0. The number of carbonyl (C=O) groups excluding carboxylic acids is 1. The quantitative estimate of drug-likeness (QED) is 0.249. The van der Waals surface area contributed by atoms with E-state index in [0.29, 0.717) is 11.3 Å². The number of piperidine rings is 1. The molecule has 5 rings (SSSR count). The summed E-state index contributed by atoms with van der Waals surface area (Å²) in [5.74, 6) is -5.07. The van der Waals surface area contributed by atoms with Gasteiger partial charge in [0.15, 0.2) is 17.3 Å². The molecule has 0 radical (unpaired) electrons. The van der Waals surface area contributed by atoms with Gasteiger partial charge < -0.3 is 15.1 Å². The molecule has 0 aliphatic carbocycles. The van der Waals surface area contributed by atoms with Gasteiger partial charge >= 0.3 is 11.1 Å². The van der Waals surface area contributed by atoms with Crippen molar-refractivity contribution in [1.29, 1.82) is 0 Å². The minimum atomic E-state index is -1.21. The van der Waals surface area contributed by atoms with Gasteiger partial charge in [-0.15, -0.1) is 0 Å². The normalized spacial score (nSPS) is 17.0. The van der Waals surface area contributed by atoms with Gasteiger partial charge in [0, 0.05) is 24.8 Å². The zero-order valence-electron chi connectivity index (χ0n) is 24.2. The van der Waals surface area contributed by atoms with Gasteiger partial charge in [0.1, 0.15) is 17.3 Å². The number of pyridine rings is 2. The first-order valence-electron chi connectivity index (χ1n) is 13.9. The smallest absolute Gasteiger partial charge is 0.322 e. The van der Waals surface area contributed by atoms with Gasteiger partial charge in [-0.2, -0.15) is 0 Å². The van der Waals surface area contributed by atoms with Crippen LogP contribution in [0.15, 0.2) is 58.5 Å². The van der Waals surface area contributed by atoms with Crippen molar-refractivity contribution in [3.8, 4) is 22.7 Å². The molecule has 0 bridgehead atoms. The Morgan fingerprint density at radius 3 is 2.52 bits per heavy atom. The number of aryl methyl sites for hydroxylation is 1. The van der Waals surface area contributed by atoms with E-state index in [4.69, 9.17) is 0 Å². The Bertz CT molecular complexity index is 1920. The third kappa shape index (κ3) is 5.06. The molecule has 10 nitrogen and oxygen atoms in total. The standard InChI is InChI=1S/C31H30F3N5O5/c1-15(2)25-27(16(3)8-10-35-25)39-28-22(13-21(34)26(36-28)24-20(33)6-5-7-23(24)41)38(30(43)31(39)44)18-9-11-37(19(12-18)14-40)29(42)17(4)32/h5-8,10,13,15,18-19,40-41H,4,9,11-12,14H2,1-3H3/t18?,19-/m1/s1. The summed E-state index contributed by atoms with van der Waals surface area (Å²) < 4.78 is 46.6. The molecule has 1 unspecified atom stereocenters. The van der Waals surface area contributed by atoms with Crippen LogP contribution in [-0.4, -0.2) is 59.3 Å². The summed E-state index contributed by atoms with van der Waals surface area (Å²) in [6.07, 6.45) is 1.53. The average molecular weight is 610 g/mol. The Hall–Kier alpha value is -4.78. The molecule has 4 aromatic rings. The van der Waals surface area contributed by atoms with Crippen molar-refractivity contribution in [2.75, 3.05) is 13.2 Å². The second kappa shape index (κ2) is 11.7. The summed E-state index contributed by atoms with van der Waals surface area (Å²) in [5, 5.41) is 20.5. The molecular formula is C31H30F3N5O5. The fourth-order valence-corrected chi connectivity index (χ4v) is 5.85. The zero-order chi connectivity index (χ0) is 32.0. The van der Waals surface area contributed by atoms with E-state index in [-0.39, 0.29) is 42.2 Å². The zero-order valence-corrected chi connectivity index (χ0v) is 24.2. The van der Waals surface area contributed by atoms with E-state index in [9.17, 15) is 33.4 Å². The summed E-state index contributed by atoms with van der Waals surface area (Å²) in [6.45, 7) is 7.74. The highest BCUT2D eigenvalue weighted by atomic mass is 19.1. The lowest BCUT2D eigenvalue weighted by Gasteiger charge is -2.39. The van der Waals surface area contributed by atoms with Crippen LogP contribution < -0.4 is 11.1 Å². The van der Waals surface area contributed by atoms with E-state index in [1.807, 2.05) is 13.8 Å². The average Bonchev–Trinajstić information content (AvgIpc) is 2.98. The van der Waals surface area contributed by atoms with Crippen LogP contribution in [0.5, 0.6) is 5.75 Å². The molecule has 1 aromatic carbocycles. The van der Waals surface area contributed by atoms with Crippen molar-refractivity contribution in [3.05, 3.63) is 92.5 Å². The number of nitrogens with zero attached hydrogens (tertiary/aromatic N) is 5. The van der Waals surface area contributed by atoms with Crippen molar-refractivity contribution in [2.45, 2.75) is 51.6 Å². The molecule has 13 heteroatoms. The monoisotopic (exact) mass is 609 g/mol. The second-order valence-electron chi connectivity index (χ2n) is 11.0. The Morgan fingerprint density at radius 1 is 1.16 bits per heavy atom. The highest BCUT2D eigenvalue weighted by Gasteiger charge is 2.35. The van der Waals surface area contributed by atoms with Crippen LogP contribution in [0, 0.1) is 18.6 Å². The van der Waals surface area contributed by atoms with Gasteiger partial charge in [0.25, 0.3) is 5.91 Å². The number of phenolic OH excluding ortho intramolecular Hbond substituents is 1. The van der Waals surface area contributed by atoms with Crippen LogP contribution in [0.2, 0.25) is 0 Å². The number of carbonyl (C=O) groups is 1. The number of aromatic nitrogens is 4. The molecule has 1 aliphatic rings. The number of aliphatic hydroxyl groups excluding tert-OH is 1. The molecule has 44 heavy (non-hydrogen) atoms. The van der Waals surface area contributed by atoms with Crippen LogP contribution in [-0.2, 0) is 4.79 Å². The Balaban J connectivity index is 1.85. The number of likely N-dealkylation sites (tertiary alicyclic amines) is 1. The third-order valence-electron chi connectivity index (χ3n) is 7.92. The number of halogens is 3. The summed E-state index contributed by atoms with van der Waals surface area (Å²) in [4.78, 5) is 50.2. The van der Waals surface area contributed by atoms with Crippen LogP contribution in [0.3, 0.4) is 0 Å². The topological polar surface area (TPSA) is 131 Å². The minimum absolute atomic E-state index is 0.0502. The van der Waals surface area contributed by atoms with Gasteiger partial charge in [-0.3, -0.25) is 28.5 Å². The fourth-order valence-electron chi connectivity index (χ4n) is 5.85. The number of fused-ring (bicyclic) bond motifs is 1. The molecule has 3 aromatic heterocycles. The van der Waals surface area contributed by atoms with Crippen molar-refractivity contribution >= 4 is 17.1 Å². The van der Waals surface area contributed by atoms with Crippen molar-refractivity contribution in [1.82, 2.24) is 24.0 Å². The van der Waals surface area contributed by atoms with Gasteiger partial charge in [0.05, 0.1) is 35.1 Å². The molecule has 0 saturated carbocycles. The molecule has 230 valence electrons. The molecule has 1 saturated heterocycles. The summed E-state index contributed by atoms with van der Waals surface area (Å²) in [5.41, 5.74) is -2.27. The lowest BCUT2D eigenvalue weighted by Crippen LogP contribution is -2.51.